The molecule has 0 aliphatic carbocycles. The lowest BCUT2D eigenvalue weighted by Crippen LogP contribution is -2.38. The van der Waals surface area contributed by atoms with E-state index in [-0.39, 0.29) is 29.9 Å². The van der Waals surface area contributed by atoms with Gasteiger partial charge in [0.1, 0.15) is 5.76 Å². The fraction of sp³-hybridized carbons (Fsp3) is 0.500. The molecule has 8 heteroatoms. The molecule has 2 rings (SSSR count). The molecule has 0 atom stereocenters. The molecule has 0 fully saturated rings. The molecule has 0 bridgehead atoms. The number of halogens is 1. The minimum Gasteiger partial charge on any atom is -0.361 e. The number of nitrogens with zero attached hydrogens (tertiary/aromatic N) is 3. The van der Waals surface area contributed by atoms with Crippen LogP contribution >= 0.6 is 24.0 Å². The second kappa shape index (κ2) is 13.3. The Morgan fingerprint density at radius 3 is 2.60 bits per heavy atom. The lowest BCUT2D eigenvalue weighted by Gasteiger charge is -2.13. The normalized spacial score (nSPS) is 11.0. The van der Waals surface area contributed by atoms with Crippen molar-refractivity contribution in [3.05, 3.63) is 52.4 Å². The number of nitrogens with one attached hydrogen (secondary N) is 2. The average Bonchev–Trinajstić information content (AvgIpc) is 3.02. The van der Waals surface area contributed by atoms with Crippen molar-refractivity contribution in [3.8, 4) is 0 Å². The van der Waals surface area contributed by atoms with E-state index in [9.17, 15) is 4.79 Å². The van der Waals surface area contributed by atoms with Gasteiger partial charge in [-0.15, -0.1) is 24.0 Å². The number of hydrogen-bond donors (Lipinski definition) is 2. The van der Waals surface area contributed by atoms with Crippen LogP contribution in [0.4, 0.5) is 0 Å². The molecule has 0 aliphatic rings. The van der Waals surface area contributed by atoms with Crippen molar-refractivity contribution in [2.75, 3.05) is 33.7 Å². The molecular weight excluding hydrogens is 493 g/mol. The van der Waals surface area contributed by atoms with E-state index in [4.69, 9.17) is 4.52 Å². The molecule has 0 aliphatic heterocycles. The molecule has 7 nitrogen and oxygen atoms in total. The minimum absolute atomic E-state index is 0. The third kappa shape index (κ3) is 7.97. The third-order valence-electron chi connectivity index (χ3n) is 4.67. The van der Waals surface area contributed by atoms with Gasteiger partial charge in [-0.3, -0.25) is 9.79 Å². The number of carbonyl (C=O) groups excluding carboxylic acids is 1. The van der Waals surface area contributed by atoms with Gasteiger partial charge in [0.2, 0.25) is 0 Å². The number of hydrogen-bond acceptors (Lipinski definition) is 4. The van der Waals surface area contributed by atoms with E-state index in [1.807, 2.05) is 38.1 Å². The molecule has 1 heterocycles. The van der Waals surface area contributed by atoms with Crippen LogP contribution in [-0.4, -0.2) is 55.7 Å². The van der Waals surface area contributed by atoms with Crippen LogP contribution < -0.4 is 10.6 Å². The van der Waals surface area contributed by atoms with Crippen LogP contribution in [0.2, 0.25) is 0 Å². The highest BCUT2D eigenvalue weighted by Crippen LogP contribution is 2.14. The summed E-state index contributed by atoms with van der Waals surface area (Å²) in [5, 5.41) is 10.6. The summed E-state index contributed by atoms with van der Waals surface area (Å²) < 4.78 is 5.21. The number of aromatic nitrogens is 1. The van der Waals surface area contributed by atoms with Crippen molar-refractivity contribution in [3.63, 3.8) is 0 Å². The van der Waals surface area contributed by atoms with Gasteiger partial charge in [-0.05, 0) is 57.7 Å². The van der Waals surface area contributed by atoms with E-state index < -0.39 is 0 Å². The maximum atomic E-state index is 12.1. The fourth-order valence-corrected chi connectivity index (χ4v) is 3.09. The summed E-state index contributed by atoms with van der Waals surface area (Å²) in [6.45, 7) is 8.26. The second-order valence-electron chi connectivity index (χ2n) is 7.24. The summed E-state index contributed by atoms with van der Waals surface area (Å²) in [5.41, 5.74) is 3.99. The average molecular weight is 527 g/mol. The van der Waals surface area contributed by atoms with Crippen molar-refractivity contribution in [2.45, 2.75) is 40.0 Å². The Kier molecular flexibility index (Phi) is 11.5. The van der Waals surface area contributed by atoms with E-state index in [1.165, 1.54) is 5.56 Å². The standard InChI is InChI=1S/C22H33N5O2.HI/c1-6-23-22(24-13-8-11-20-16(2)26-29-17(20)3)25-14-12-18-9-7-10-19(15-18)21(28)27(4)5;/h7,9-10,15H,6,8,11-14H2,1-5H3,(H2,23,24,25);1H. The number of aliphatic imine (C=N–C) groups is 1. The monoisotopic (exact) mass is 527 g/mol. The molecule has 2 aromatic rings. The first-order valence-corrected chi connectivity index (χ1v) is 10.2. The van der Waals surface area contributed by atoms with Crippen molar-refractivity contribution >= 4 is 35.8 Å². The molecule has 2 N–H and O–H groups in total. The number of guanidine groups is 1. The van der Waals surface area contributed by atoms with Crippen molar-refractivity contribution in [1.82, 2.24) is 20.7 Å². The molecule has 1 aromatic carbocycles. The van der Waals surface area contributed by atoms with Gasteiger partial charge in [-0.1, -0.05) is 17.3 Å². The number of benzene rings is 1. The minimum atomic E-state index is 0. The smallest absolute Gasteiger partial charge is 0.253 e. The predicted molar refractivity (Wildman–Crippen MR) is 132 cm³/mol. The highest BCUT2D eigenvalue weighted by molar-refractivity contribution is 14.0. The maximum absolute atomic E-state index is 12.1. The summed E-state index contributed by atoms with van der Waals surface area (Å²) in [6, 6.07) is 7.78. The summed E-state index contributed by atoms with van der Waals surface area (Å²) >= 11 is 0. The number of rotatable bonds is 9. The van der Waals surface area contributed by atoms with Gasteiger partial charge in [-0.2, -0.15) is 0 Å². The molecule has 1 amide bonds. The Morgan fingerprint density at radius 2 is 1.97 bits per heavy atom. The van der Waals surface area contributed by atoms with Crippen LogP contribution in [0.1, 0.15) is 46.3 Å². The first kappa shape index (κ1) is 25.9. The van der Waals surface area contributed by atoms with Crippen LogP contribution in [0.5, 0.6) is 0 Å². The highest BCUT2D eigenvalue weighted by Gasteiger charge is 2.09. The van der Waals surface area contributed by atoms with Crippen molar-refractivity contribution < 1.29 is 9.32 Å². The summed E-state index contributed by atoms with van der Waals surface area (Å²) in [5.74, 6) is 1.73. The number of carbonyl (C=O) groups is 1. The molecule has 0 spiro atoms. The molecule has 0 saturated heterocycles. The van der Waals surface area contributed by atoms with Gasteiger partial charge in [0.05, 0.1) is 5.69 Å². The zero-order valence-electron chi connectivity index (χ0n) is 18.6. The van der Waals surface area contributed by atoms with E-state index in [1.54, 1.807) is 19.0 Å². The Hall–Kier alpha value is -2.10. The molecular formula is C22H34IN5O2. The quantitative estimate of drug-likeness (QED) is 0.226. The molecule has 0 saturated carbocycles. The zero-order valence-corrected chi connectivity index (χ0v) is 20.9. The number of aryl methyl sites for hydroxylation is 2. The van der Waals surface area contributed by atoms with E-state index >= 15 is 0 Å². The SMILES string of the molecule is CCNC(=NCCCc1c(C)noc1C)NCCc1cccc(C(=O)N(C)C)c1.I. The van der Waals surface area contributed by atoms with Crippen LogP contribution in [0.15, 0.2) is 33.8 Å². The predicted octanol–water partition coefficient (Wildman–Crippen LogP) is 3.34. The van der Waals surface area contributed by atoms with Crippen LogP contribution in [0.3, 0.4) is 0 Å². The summed E-state index contributed by atoms with van der Waals surface area (Å²) in [6.07, 6.45) is 2.67. The van der Waals surface area contributed by atoms with E-state index in [0.29, 0.717) is 5.56 Å². The van der Waals surface area contributed by atoms with Gasteiger partial charge in [-0.25, -0.2) is 0 Å². The van der Waals surface area contributed by atoms with Crippen LogP contribution in [0, 0.1) is 13.8 Å². The first-order valence-electron chi connectivity index (χ1n) is 10.2. The molecule has 0 radical (unpaired) electrons. The van der Waals surface area contributed by atoms with Crippen LogP contribution in [0.25, 0.3) is 0 Å². The molecule has 30 heavy (non-hydrogen) atoms. The maximum Gasteiger partial charge on any atom is 0.253 e. The largest absolute Gasteiger partial charge is 0.361 e. The van der Waals surface area contributed by atoms with Gasteiger partial charge >= 0.3 is 0 Å². The molecule has 1 aromatic heterocycles. The van der Waals surface area contributed by atoms with Gasteiger partial charge in [0.25, 0.3) is 5.91 Å². The van der Waals surface area contributed by atoms with E-state index in [0.717, 1.165) is 61.9 Å². The Balaban J connectivity index is 0.00000450. The first-order chi connectivity index (χ1) is 13.9. The molecule has 0 unspecified atom stereocenters. The highest BCUT2D eigenvalue weighted by atomic mass is 127. The third-order valence-corrected chi connectivity index (χ3v) is 4.67. The lowest BCUT2D eigenvalue weighted by molar-refractivity contribution is 0.0827. The summed E-state index contributed by atoms with van der Waals surface area (Å²) in [7, 11) is 3.53. The van der Waals surface area contributed by atoms with Crippen molar-refractivity contribution in [1.29, 1.82) is 0 Å². The second-order valence-corrected chi connectivity index (χ2v) is 7.24. The zero-order chi connectivity index (χ0) is 21.2. The molecule has 166 valence electrons. The van der Waals surface area contributed by atoms with Crippen molar-refractivity contribution in [2.24, 2.45) is 4.99 Å². The van der Waals surface area contributed by atoms with Gasteiger partial charge in [0.15, 0.2) is 5.96 Å². The Labute approximate surface area is 196 Å². The van der Waals surface area contributed by atoms with E-state index in [2.05, 4.69) is 27.7 Å². The van der Waals surface area contributed by atoms with Crippen LogP contribution in [-0.2, 0) is 12.8 Å². The topological polar surface area (TPSA) is 82.8 Å². The number of amides is 1. The van der Waals surface area contributed by atoms with Gasteiger partial charge in [0, 0.05) is 44.9 Å². The summed E-state index contributed by atoms with van der Waals surface area (Å²) in [4.78, 5) is 18.4. The fourth-order valence-electron chi connectivity index (χ4n) is 3.09. The Bertz CT molecular complexity index is 813. The lowest BCUT2D eigenvalue weighted by atomic mass is 10.1. The Morgan fingerprint density at radius 1 is 1.20 bits per heavy atom. The van der Waals surface area contributed by atoms with Gasteiger partial charge < -0.3 is 20.1 Å².